The van der Waals surface area contributed by atoms with Gasteiger partial charge in [-0.2, -0.15) is 0 Å². The maximum atomic E-state index is 4.53. The Kier molecular flexibility index (Phi) is 3.29. The molecule has 3 aromatic heterocycles. The number of fused-ring (bicyclic) bond motifs is 1. The Balaban J connectivity index is 1.65. The Labute approximate surface area is 129 Å². The van der Waals surface area contributed by atoms with Crippen LogP contribution in [-0.4, -0.2) is 37.6 Å². The van der Waals surface area contributed by atoms with Crippen LogP contribution in [-0.2, 0) is 6.42 Å². The van der Waals surface area contributed by atoms with Crippen molar-refractivity contribution in [3.8, 4) is 0 Å². The molecule has 6 nitrogen and oxygen atoms in total. The third-order valence-corrected chi connectivity index (χ3v) is 4.49. The van der Waals surface area contributed by atoms with Crippen LogP contribution in [0.2, 0.25) is 0 Å². The number of aromatic amines is 1. The molecule has 4 rings (SSSR count). The van der Waals surface area contributed by atoms with Gasteiger partial charge >= 0.3 is 0 Å². The van der Waals surface area contributed by atoms with E-state index in [1.165, 1.54) is 18.7 Å². The van der Waals surface area contributed by atoms with Crippen LogP contribution in [0.15, 0.2) is 31.0 Å². The molecule has 114 valence electrons. The predicted molar refractivity (Wildman–Crippen MR) is 86.0 cm³/mol. The zero-order valence-electron chi connectivity index (χ0n) is 12.7. The monoisotopic (exact) mass is 296 g/mol. The molecule has 0 spiro atoms. The minimum atomic E-state index is 0.468. The fourth-order valence-electron chi connectivity index (χ4n) is 3.44. The summed E-state index contributed by atoms with van der Waals surface area (Å²) >= 11 is 0. The largest absolute Gasteiger partial charge is 0.354 e. The van der Waals surface area contributed by atoms with Crippen LogP contribution in [0.3, 0.4) is 0 Å². The molecule has 0 aliphatic carbocycles. The second kappa shape index (κ2) is 5.44. The fraction of sp³-hybridized carbons (Fsp3) is 0.438. The maximum absolute atomic E-state index is 4.53. The van der Waals surface area contributed by atoms with Crippen molar-refractivity contribution in [1.82, 2.24) is 24.5 Å². The lowest BCUT2D eigenvalue weighted by Gasteiger charge is -2.35. The highest BCUT2D eigenvalue weighted by atomic mass is 15.2. The molecule has 1 atom stereocenters. The first kappa shape index (κ1) is 13.3. The lowest BCUT2D eigenvalue weighted by molar-refractivity contribution is 0.395. The standard InChI is InChI=1S/C16H20N6/c1-2-14-17-7-9-22(14)12-4-3-8-21(10-12)16-13-5-6-18-15(13)19-11-20-16/h5-7,9,11-12H,2-4,8,10H2,1H3,(H,18,19,20). The quantitative estimate of drug-likeness (QED) is 0.807. The van der Waals surface area contributed by atoms with E-state index in [2.05, 4.69) is 48.6 Å². The van der Waals surface area contributed by atoms with E-state index < -0.39 is 0 Å². The van der Waals surface area contributed by atoms with Crippen molar-refractivity contribution in [2.45, 2.75) is 32.2 Å². The van der Waals surface area contributed by atoms with Crippen LogP contribution >= 0.6 is 0 Å². The van der Waals surface area contributed by atoms with Crippen molar-refractivity contribution in [1.29, 1.82) is 0 Å². The Hall–Kier alpha value is -2.37. The molecule has 1 fully saturated rings. The van der Waals surface area contributed by atoms with Crippen molar-refractivity contribution in [3.63, 3.8) is 0 Å². The molecule has 0 bridgehead atoms. The van der Waals surface area contributed by atoms with Gasteiger partial charge < -0.3 is 14.5 Å². The summed E-state index contributed by atoms with van der Waals surface area (Å²) in [6, 6.07) is 2.53. The smallest absolute Gasteiger partial charge is 0.142 e. The predicted octanol–water partition coefficient (Wildman–Crippen LogP) is 2.56. The molecule has 1 saturated heterocycles. The van der Waals surface area contributed by atoms with Gasteiger partial charge in [0.15, 0.2) is 0 Å². The van der Waals surface area contributed by atoms with Gasteiger partial charge in [0.2, 0.25) is 0 Å². The zero-order valence-corrected chi connectivity index (χ0v) is 12.7. The van der Waals surface area contributed by atoms with Crippen molar-refractivity contribution >= 4 is 16.9 Å². The number of hydrogen-bond acceptors (Lipinski definition) is 4. The van der Waals surface area contributed by atoms with Gasteiger partial charge in [0.05, 0.1) is 11.4 Å². The third kappa shape index (κ3) is 2.15. The van der Waals surface area contributed by atoms with Crippen molar-refractivity contribution < 1.29 is 0 Å². The van der Waals surface area contributed by atoms with E-state index in [0.717, 1.165) is 36.4 Å². The number of H-pyrrole nitrogens is 1. The average molecular weight is 296 g/mol. The molecule has 0 radical (unpaired) electrons. The van der Waals surface area contributed by atoms with Crippen molar-refractivity contribution in [2.75, 3.05) is 18.0 Å². The van der Waals surface area contributed by atoms with E-state index in [4.69, 9.17) is 0 Å². The van der Waals surface area contributed by atoms with Crippen LogP contribution in [0.5, 0.6) is 0 Å². The average Bonchev–Trinajstić information content (AvgIpc) is 3.23. The van der Waals surface area contributed by atoms with Gasteiger partial charge in [0, 0.05) is 38.1 Å². The fourth-order valence-corrected chi connectivity index (χ4v) is 3.44. The molecule has 4 heterocycles. The highest BCUT2D eigenvalue weighted by Crippen LogP contribution is 2.29. The lowest BCUT2D eigenvalue weighted by Crippen LogP contribution is -2.37. The van der Waals surface area contributed by atoms with Crippen LogP contribution < -0.4 is 4.90 Å². The van der Waals surface area contributed by atoms with E-state index in [9.17, 15) is 0 Å². The van der Waals surface area contributed by atoms with E-state index in [1.807, 2.05) is 12.4 Å². The molecule has 22 heavy (non-hydrogen) atoms. The third-order valence-electron chi connectivity index (χ3n) is 4.49. The molecule has 6 heteroatoms. The highest BCUT2D eigenvalue weighted by Gasteiger charge is 2.24. The molecule has 0 aromatic carbocycles. The minimum absolute atomic E-state index is 0.468. The van der Waals surface area contributed by atoms with Crippen LogP contribution in [0, 0.1) is 0 Å². The van der Waals surface area contributed by atoms with Gasteiger partial charge in [-0.15, -0.1) is 0 Å². The van der Waals surface area contributed by atoms with E-state index in [1.54, 1.807) is 6.33 Å². The minimum Gasteiger partial charge on any atom is -0.354 e. The summed E-state index contributed by atoms with van der Waals surface area (Å²) in [5.41, 5.74) is 0.906. The highest BCUT2D eigenvalue weighted by molar-refractivity contribution is 5.87. The maximum Gasteiger partial charge on any atom is 0.142 e. The molecule has 1 unspecified atom stereocenters. The molecule has 1 aliphatic rings. The number of piperidine rings is 1. The van der Waals surface area contributed by atoms with E-state index in [-0.39, 0.29) is 0 Å². The molecular formula is C16H20N6. The van der Waals surface area contributed by atoms with Crippen molar-refractivity contribution in [2.24, 2.45) is 0 Å². The van der Waals surface area contributed by atoms with Crippen LogP contribution in [0.4, 0.5) is 5.82 Å². The summed E-state index contributed by atoms with van der Waals surface area (Å²) in [5.74, 6) is 2.20. The number of rotatable bonds is 3. The first-order valence-corrected chi connectivity index (χ1v) is 7.91. The van der Waals surface area contributed by atoms with Gasteiger partial charge in [0.25, 0.3) is 0 Å². The normalized spacial score (nSPS) is 19.0. The summed E-state index contributed by atoms with van der Waals surface area (Å²) in [6.45, 7) is 4.18. The lowest BCUT2D eigenvalue weighted by atomic mass is 10.0. The Morgan fingerprint density at radius 3 is 3.18 bits per heavy atom. The van der Waals surface area contributed by atoms with Gasteiger partial charge in [-0.25, -0.2) is 15.0 Å². The topological polar surface area (TPSA) is 62.6 Å². The molecule has 1 N–H and O–H groups in total. The van der Waals surface area contributed by atoms with Gasteiger partial charge in [-0.3, -0.25) is 0 Å². The molecule has 3 aromatic rings. The van der Waals surface area contributed by atoms with Crippen molar-refractivity contribution in [3.05, 3.63) is 36.8 Å². The van der Waals surface area contributed by atoms with Gasteiger partial charge in [-0.05, 0) is 18.9 Å². The first-order chi connectivity index (χ1) is 10.9. The number of nitrogens with zero attached hydrogens (tertiary/aromatic N) is 5. The Bertz CT molecular complexity index is 774. The SMILES string of the molecule is CCc1nccn1C1CCCN(c2ncnc3[nH]ccc23)C1. The number of imidazole rings is 1. The summed E-state index contributed by atoms with van der Waals surface area (Å²) in [6.07, 6.45) is 10.9. The second-order valence-corrected chi connectivity index (χ2v) is 5.78. The number of aryl methyl sites for hydroxylation is 1. The summed E-state index contributed by atoms with van der Waals surface area (Å²) in [7, 11) is 0. The Morgan fingerprint density at radius 2 is 2.27 bits per heavy atom. The number of aromatic nitrogens is 5. The number of nitrogens with one attached hydrogen (secondary N) is 1. The van der Waals surface area contributed by atoms with Gasteiger partial charge in [0.1, 0.15) is 23.6 Å². The molecule has 0 saturated carbocycles. The summed E-state index contributed by atoms with van der Waals surface area (Å²) in [5, 5.41) is 1.10. The molecule has 1 aliphatic heterocycles. The summed E-state index contributed by atoms with van der Waals surface area (Å²) in [4.78, 5) is 18.8. The van der Waals surface area contributed by atoms with E-state index in [0.29, 0.717) is 6.04 Å². The number of hydrogen-bond donors (Lipinski definition) is 1. The van der Waals surface area contributed by atoms with Gasteiger partial charge in [-0.1, -0.05) is 6.92 Å². The zero-order chi connectivity index (χ0) is 14.9. The first-order valence-electron chi connectivity index (χ1n) is 7.91. The van der Waals surface area contributed by atoms with Crippen LogP contribution in [0.1, 0.15) is 31.6 Å². The number of anilines is 1. The van der Waals surface area contributed by atoms with E-state index >= 15 is 0 Å². The second-order valence-electron chi connectivity index (χ2n) is 5.78. The Morgan fingerprint density at radius 1 is 1.32 bits per heavy atom. The van der Waals surface area contributed by atoms with Crippen LogP contribution in [0.25, 0.3) is 11.0 Å². The molecule has 0 amide bonds. The summed E-state index contributed by atoms with van der Waals surface area (Å²) < 4.78 is 2.33. The molecular weight excluding hydrogens is 276 g/mol.